The summed E-state index contributed by atoms with van der Waals surface area (Å²) in [4.78, 5) is 20.0. The summed E-state index contributed by atoms with van der Waals surface area (Å²) in [5.41, 5.74) is 5.47. The average molecular weight is 379 g/mol. The predicted molar refractivity (Wildman–Crippen MR) is 96.0 cm³/mol. The highest BCUT2D eigenvalue weighted by Gasteiger charge is 2.36. The fraction of sp³-hybridized carbons (Fsp3) is 0.438. The number of piperidine rings is 1. The second-order valence-electron chi connectivity index (χ2n) is 6.43. The molecule has 25 heavy (non-hydrogen) atoms. The van der Waals surface area contributed by atoms with Gasteiger partial charge >= 0.3 is 0 Å². The summed E-state index contributed by atoms with van der Waals surface area (Å²) in [5.74, 6) is 0.578. The second-order valence-corrected chi connectivity index (χ2v) is 8.42. The Morgan fingerprint density at radius 1 is 1.48 bits per heavy atom. The van der Waals surface area contributed by atoms with Crippen LogP contribution in [0, 0.1) is 12.8 Å². The largest absolute Gasteiger partial charge is 0.492 e. The van der Waals surface area contributed by atoms with Gasteiger partial charge in [-0.15, -0.1) is 16.4 Å². The number of aryl methyl sites for hydroxylation is 1. The SMILES string of the molecule is Cc1nc2sc([C@@H](c3cccs3)[NH+]3CCC(C(N)=O)CC3)c(O)n2n1. The number of aromatic nitrogens is 3. The lowest BCUT2D eigenvalue weighted by atomic mass is 9.94. The fourth-order valence-electron chi connectivity index (χ4n) is 3.57. The van der Waals surface area contributed by atoms with Crippen molar-refractivity contribution in [3.8, 4) is 5.88 Å². The molecule has 4 heterocycles. The fourth-order valence-corrected chi connectivity index (χ4v) is 5.71. The summed E-state index contributed by atoms with van der Waals surface area (Å²) in [5, 5.41) is 17.1. The molecular weight excluding hydrogens is 358 g/mol. The first-order chi connectivity index (χ1) is 12.0. The molecule has 9 heteroatoms. The van der Waals surface area contributed by atoms with Gasteiger partial charge in [0.05, 0.1) is 18.0 Å². The third-order valence-electron chi connectivity index (χ3n) is 4.83. The normalized spacial score (nSPS) is 22.3. The minimum absolute atomic E-state index is 0.0302. The van der Waals surface area contributed by atoms with Crippen molar-refractivity contribution in [1.82, 2.24) is 14.6 Å². The zero-order chi connectivity index (χ0) is 17.6. The summed E-state index contributed by atoms with van der Waals surface area (Å²) < 4.78 is 1.52. The standard InChI is InChI=1S/C16H19N5O2S2/c1-9-18-16-21(19-9)15(23)13(25-16)12(11-3-2-8-24-11)20-6-4-10(5-7-20)14(17)22/h2-3,8,10,12,23H,4-7H2,1H3,(H2,17,22)/p+1/t12-/m1/s1. The number of thiophene rings is 1. The van der Waals surface area contributed by atoms with Gasteiger partial charge in [0.1, 0.15) is 10.7 Å². The molecule has 0 spiro atoms. The molecule has 0 aliphatic carbocycles. The molecule has 0 bridgehead atoms. The number of likely N-dealkylation sites (tertiary alicyclic amines) is 1. The van der Waals surface area contributed by atoms with Crippen LogP contribution in [0.25, 0.3) is 4.96 Å². The van der Waals surface area contributed by atoms with E-state index in [-0.39, 0.29) is 23.7 Å². The van der Waals surface area contributed by atoms with Crippen LogP contribution in [0.4, 0.5) is 0 Å². The molecule has 1 aliphatic heterocycles. The van der Waals surface area contributed by atoms with Crippen molar-refractivity contribution in [3.05, 3.63) is 33.1 Å². The number of nitrogens with zero attached hydrogens (tertiary/aromatic N) is 3. The average Bonchev–Trinajstić information content (AvgIpc) is 3.29. The Morgan fingerprint density at radius 3 is 2.84 bits per heavy atom. The summed E-state index contributed by atoms with van der Waals surface area (Å²) in [6.07, 6.45) is 1.57. The molecule has 4 rings (SSSR count). The quantitative estimate of drug-likeness (QED) is 0.624. The van der Waals surface area contributed by atoms with Crippen LogP contribution in [0.1, 0.15) is 34.5 Å². The molecule has 1 aliphatic rings. The number of hydrogen-bond donors (Lipinski definition) is 3. The van der Waals surface area contributed by atoms with E-state index in [0.29, 0.717) is 10.8 Å². The molecule has 3 aromatic rings. The van der Waals surface area contributed by atoms with Crippen molar-refractivity contribution in [2.75, 3.05) is 13.1 Å². The maximum absolute atomic E-state index is 11.5. The lowest BCUT2D eigenvalue weighted by Gasteiger charge is -2.32. The maximum Gasteiger partial charge on any atom is 0.235 e. The smallest absolute Gasteiger partial charge is 0.235 e. The number of carbonyl (C=O) groups is 1. The number of quaternary nitrogens is 1. The third kappa shape index (κ3) is 2.92. The van der Waals surface area contributed by atoms with Crippen LogP contribution in [0.15, 0.2) is 17.5 Å². The van der Waals surface area contributed by atoms with Gasteiger partial charge in [-0.3, -0.25) is 4.79 Å². The summed E-state index contributed by atoms with van der Waals surface area (Å²) >= 11 is 3.17. The summed E-state index contributed by atoms with van der Waals surface area (Å²) in [6, 6.07) is 4.16. The highest BCUT2D eigenvalue weighted by molar-refractivity contribution is 7.17. The minimum atomic E-state index is -0.205. The van der Waals surface area contributed by atoms with E-state index in [9.17, 15) is 9.90 Å². The molecule has 0 saturated carbocycles. The Balaban J connectivity index is 1.70. The van der Waals surface area contributed by atoms with Crippen LogP contribution < -0.4 is 10.6 Å². The van der Waals surface area contributed by atoms with Crippen LogP contribution in [0.2, 0.25) is 0 Å². The highest BCUT2D eigenvalue weighted by Crippen LogP contribution is 2.36. The van der Waals surface area contributed by atoms with Crippen molar-refractivity contribution in [2.45, 2.75) is 25.8 Å². The van der Waals surface area contributed by atoms with E-state index < -0.39 is 0 Å². The molecular formula is C16H20N5O2S2+. The molecule has 3 aromatic heterocycles. The van der Waals surface area contributed by atoms with Gasteiger partial charge in [-0.2, -0.15) is 4.52 Å². The van der Waals surface area contributed by atoms with E-state index in [4.69, 9.17) is 5.73 Å². The van der Waals surface area contributed by atoms with Crippen molar-refractivity contribution in [1.29, 1.82) is 0 Å². The van der Waals surface area contributed by atoms with Gasteiger partial charge in [0.15, 0.2) is 6.04 Å². The zero-order valence-electron chi connectivity index (χ0n) is 13.8. The highest BCUT2D eigenvalue weighted by atomic mass is 32.1. The number of primary amides is 1. The third-order valence-corrected chi connectivity index (χ3v) is 6.86. The van der Waals surface area contributed by atoms with Gasteiger partial charge in [0, 0.05) is 18.8 Å². The van der Waals surface area contributed by atoms with Crippen LogP contribution in [-0.2, 0) is 4.79 Å². The van der Waals surface area contributed by atoms with E-state index in [1.807, 2.05) is 13.0 Å². The van der Waals surface area contributed by atoms with E-state index >= 15 is 0 Å². The summed E-state index contributed by atoms with van der Waals surface area (Å²) in [6.45, 7) is 3.51. The van der Waals surface area contributed by atoms with Gasteiger partial charge in [-0.1, -0.05) is 17.4 Å². The number of carbonyl (C=O) groups excluding carboxylic acids is 1. The van der Waals surface area contributed by atoms with E-state index in [1.165, 1.54) is 25.6 Å². The molecule has 0 radical (unpaired) electrons. The first kappa shape index (κ1) is 16.5. The van der Waals surface area contributed by atoms with Gasteiger partial charge < -0.3 is 15.7 Å². The van der Waals surface area contributed by atoms with E-state index in [1.54, 1.807) is 11.3 Å². The number of amides is 1. The Morgan fingerprint density at radius 2 is 2.24 bits per heavy atom. The Hall–Kier alpha value is -1.97. The van der Waals surface area contributed by atoms with Gasteiger partial charge in [0.2, 0.25) is 16.7 Å². The minimum Gasteiger partial charge on any atom is -0.492 e. The van der Waals surface area contributed by atoms with Gasteiger partial charge in [-0.05, 0) is 18.4 Å². The number of rotatable bonds is 4. The van der Waals surface area contributed by atoms with Crippen LogP contribution in [-0.4, -0.2) is 38.7 Å². The Kier molecular flexibility index (Phi) is 4.22. The number of thiazole rings is 1. The van der Waals surface area contributed by atoms with E-state index in [2.05, 4.69) is 21.5 Å². The number of fused-ring (bicyclic) bond motifs is 1. The second kappa shape index (κ2) is 6.40. The molecule has 1 saturated heterocycles. The molecule has 1 atom stereocenters. The lowest BCUT2D eigenvalue weighted by molar-refractivity contribution is -0.930. The van der Waals surface area contributed by atoms with E-state index in [0.717, 1.165) is 30.8 Å². The molecule has 1 fully saturated rings. The van der Waals surface area contributed by atoms with Gasteiger partial charge in [0.25, 0.3) is 0 Å². The maximum atomic E-state index is 11.5. The first-order valence-electron chi connectivity index (χ1n) is 8.27. The van der Waals surface area contributed by atoms with Crippen LogP contribution in [0.3, 0.4) is 0 Å². The number of nitrogens with two attached hydrogens (primary N) is 1. The molecule has 0 aromatic carbocycles. The Bertz CT molecular complexity index is 893. The van der Waals surface area contributed by atoms with Crippen LogP contribution >= 0.6 is 22.7 Å². The molecule has 1 amide bonds. The van der Waals surface area contributed by atoms with Crippen molar-refractivity contribution in [2.24, 2.45) is 11.7 Å². The molecule has 0 unspecified atom stereocenters. The summed E-state index contributed by atoms with van der Waals surface area (Å²) in [7, 11) is 0. The Labute approximate surface area is 152 Å². The van der Waals surface area contributed by atoms with Crippen molar-refractivity contribution < 1.29 is 14.8 Å². The number of nitrogens with one attached hydrogen (secondary N) is 1. The molecule has 132 valence electrons. The van der Waals surface area contributed by atoms with Crippen molar-refractivity contribution >= 4 is 33.5 Å². The molecule has 7 nitrogen and oxygen atoms in total. The zero-order valence-corrected chi connectivity index (χ0v) is 15.4. The van der Waals surface area contributed by atoms with Crippen LogP contribution in [0.5, 0.6) is 5.88 Å². The topological polar surface area (TPSA) is 98.0 Å². The molecule has 4 N–H and O–H groups in total. The lowest BCUT2D eigenvalue weighted by Crippen LogP contribution is -3.13. The van der Waals surface area contributed by atoms with Gasteiger partial charge in [-0.25, -0.2) is 4.98 Å². The first-order valence-corrected chi connectivity index (χ1v) is 9.96. The van der Waals surface area contributed by atoms with Crippen molar-refractivity contribution in [3.63, 3.8) is 0 Å². The number of aromatic hydroxyl groups is 1. The predicted octanol–water partition coefficient (Wildman–Crippen LogP) is 0.736. The monoisotopic (exact) mass is 378 g/mol. The number of hydrogen-bond acceptors (Lipinski definition) is 6.